The number of carbonyl (C=O) groups excluding carboxylic acids is 1. The van der Waals surface area contributed by atoms with Crippen molar-refractivity contribution in [1.29, 1.82) is 0 Å². The Labute approximate surface area is 228 Å². The number of hydrogen-bond acceptors (Lipinski definition) is 6. The third-order valence-corrected chi connectivity index (χ3v) is 12.1. The Morgan fingerprint density at radius 1 is 1.11 bits per heavy atom. The molecule has 2 heterocycles. The summed E-state index contributed by atoms with van der Waals surface area (Å²) in [7, 11) is 0. The lowest BCUT2D eigenvalue weighted by Crippen LogP contribution is -2.51. The number of piperazine rings is 1. The predicted octanol–water partition coefficient (Wildman–Crippen LogP) is 5.38. The number of allylic oxidation sites excluding steroid dienone is 1. The van der Waals surface area contributed by atoms with E-state index >= 15 is 0 Å². The minimum Gasteiger partial charge on any atom is -0.408 e. The van der Waals surface area contributed by atoms with Crippen molar-refractivity contribution in [2.45, 2.75) is 98.0 Å². The highest BCUT2D eigenvalue weighted by molar-refractivity contribution is 5.76. The van der Waals surface area contributed by atoms with Gasteiger partial charge in [0.05, 0.1) is 6.10 Å². The standard InChI is InChI=1S/C31H48N4O3/c1-20(5-10-28(37)34-15-17-35(18-16-34)29-33-32-21(2)38-29)25-8-9-26-24-7-6-22-19-23(36)11-13-30(22,3)27(24)12-14-31(25,26)4/h6,20,23-27,36H,5,7-19H2,1-4H3/t20-,23+,24+,25-,26+,27+,30+,31-/m1/s1. The number of fused-ring (bicyclic) bond motifs is 5. The molecule has 1 saturated heterocycles. The van der Waals surface area contributed by atoms with E-state index in [1.54, 1.807) is 12.5 Å². The van der Waals surface area contributed by atoms with E-state index in [4.69, 9.17) is 4.42 Å². The van der Waals surface area contributed by atoms with Crippen LogP contribution in [0.5, 0.6) is 0 Å². The molecule has 1 aromatic rings. The summed E-state index contributed by atoms with van der Waals surface area (Å²) in [5.41, 5.74) is 2.29. The second-order valence-corrected chi connectivity index (χ2v) is 13.9. The summed E-state index contributed by atoms with van der Waals surface area (Å²) in [6.07, 6.45) is 13.7. The summed E-state index contributed by atoms with van der Waals surface area (Å²) >= 11 is 0. The Morgan fingerprint density at radius 2 is 1.89 bits per heavy atom. The van der Waals surface area contributed by atoms with Crippen molar-refractivity contribution in [3.05, 3.63) is 17.5 Å². The van der Waals surface area contributed by atoms with Gasteiger partial charge in [0, 0.05) is 39.5 Å². The molecule has 1 aromatic heterocycles. The fourth-order valence-electron chi connectivity index (χ4n) is 9.89. The van der Waals surface area contributed by atoms with Crippen LogP contribution in [0.15, 0.2) is 16.1 Å². The third kappa shape index (κ3) is 4.41. The van der Waals surface area contributed by atoms with Crippen molar-refractivity contribution in [1.82, 2.24) is 15.1 Å². The molecule has 0 spiro atoms. The van der Waals surface area contributed by atoms with Crippen LogP contribution in [0.3, 0.4) is 0 Å². The summed E-state index contributed by atoms with van der Waals surface area (Å²) in [6, 6.07) is 0.571. The maximum absolute atomic E-state index is 13.1. The molecule has 1 amide bonds. The van der Waals surface area contributed by atoms with Gasteiger partial charge in [-0.15, -0.1) is 5.10 Å². The molecule has 38 heavy (non-hydrogen) atoms. The Balaban J connectivity index is 1.04. The molecule has 210 valence electrons. The van der Waals surface area contributed by atoms with E-state index in [9.17, 15) is 9.90 Å². The van der Waals surface area contributed by atoms with Crippen LogP contribution in [0.2, 0.25) is 0 Å². The van der Waals surface area contributed by atoms with Crippen LogP contribution in [0.4, 0.5) is 6.01 Å². The zero-order valence-electron chi connectivity index (χ0n) is 24.0. The van der Waals surface area contributed by atoms with Crippen molar-refractivity contribution in [2.75, 3.05) is 31.1 Å². The number of rotatable bonds is 5. The number of aliphatic hydroxyl groups excluding tert-OH is 1. The van der Waals surface area contributed by atoms with E-state index in [2.05, 4.69) is 41.9 Å². The summed E-state index contributed by atoms with van der Waals surface area (Å²) in [6.45, 7) is 12.3. The second kappa shape index (κ2) is 9.94. The van der Waals surface area contributed by atoms with Crippen LogP contribution in [0, 0.1) is 47.3 Å². The Hall–Kier alpha value is -1.89. The number of amides is 1. The Bertz CT molecular complexity index is 1060. The maximum atomic E-state index is 13.1. The molecule has 1 aliphatic heterocycles. The molecular weight excluding hydrogens is 476 g/mol. The Kier molecular flexibility index (Phi) is 6.89. The van der Waals surface area contributed by atoms with Crippen molar-refractivity contribution in [3.63, 3.8) is 0 Å². The summed E-state index contributed by atoms with van der Waals surface area (Å²) in [4.78, 5) is 17.3. The van der Waals surface area contributed by atoms with Gasteiger partial charge >= 0.3 is 6.01 Å². The van der Waals surface area contributed by atoms with Gasteiger partial charge in [-0.2, -0.15) is 0 Å². The van der Waals surface area contributed by atoms with Gasteiger partial charge in [-0.1, -0.05) is 37.5 Å². The summed E-state index contributed by atoms with van der Waals surface area (Å²) < 4.78 is 5.56. The van der Waals surface area contributed by atoms with Gasteiger partial charge in [-0.3, -0.25) is 4.79 Å². The van der Waals surface area contributed by atoms with Crippen LogP contribution in [0.1, 0.15) is 90.9 Å². The van der Waals surface area contributed by atoms with E-state index in [0.717, 1.165) is 75.5 Å². The van der Waals surface area contributed by atoms with Gasteiger partial charge in [0.25, 0.3) is 0 Å². The molecule has 3 saturated carbocycles. The lowest BCUT2D eigenvalue weighted by molar-refractivity contribution is -0.132. The highest BCUT2D eigenvalue weighted by atomic mass is 16.4. The third-order valence-electron chi connectivity index (χ3n) is 12.1. The number of aliphatic hydroxyl groups is 1. The van der Waals surface area contributed by atoms with E-state index in [0.29, 0.717) is 41.0 Å². The van der Waals surface area contributed by atoms with E-state index < -0.39 is 0 Å². The molecule has 6 rings (SSSR count). The molecule has 1 N–H and O–H groups in total. The smallest absolute Gasteiger partial charge is 0.318 e. The largest absolute Gasteiger partial charge is 0.408 e. The van der Waals surface area contributed by atoms with Gasteiger partial charge in [0.1, 0.15) is 0 Å². The van der Waals surface area contributed by atoms with Gasteiger partial charge < -0.3 is 19.3 Å². The van der Waals surface area contributed by atoms with Crippen LogP contribution >= 0.6 is 0 Å². The normalized spacial score (nSPS) is 39.7. The van der Waals surface area contributed by atoms with E-state index in [1.807, 2.05) is 4.90 Å². The van der Waals surface area contributed by atoms with Crippen molar-refractivity contribution in [2.24, 2.45) is 40.4 Å². The highest BCUT2D eigenvalue weighted by Gasteiger charge is 2.59. The van der Waals surface area contributed by atoms with E-state index in [-0.39, 0.29) is 6.10 Å². The maximum Gasteiger partial charge on any atom is 0.318 e. The number of hydrogen-bond donors (Lipinski definition) is 1. The summed E-state index contributed by atoms with van der Waals surface area (Å²) in [5.74, 6) is 4.60. The van der Waals surface area contributed by atoms with Crippen LogP contribution in [0.25, 0.3) is 0 Å². The minimum atomic E-state index is -0.127. The van der Waals surface area contributed by atoms with Crippen molar-refractivity contribution in [3.8, 4) is 0 Å². The first-order chi connectivity index (χ1) is 18.2. The molecule has 7 heteroatoms. The zero-order valence-corrected chi connectivity index (χ0v) is 24.0. The fourth-order valence-corrected chi connectivity index (χ4v) is 9.89. The van der Waals surface area contributed by atoms with Crippen LogP contribution < -0.4 is 4.90 Å². The number of carbonyl (C=O) groups is 1. The Morgan fingerprint density at radius 3 is 2.63 bits per heavy atom. The molecule has 7 nitrogen and oxygen atoms in total. The van der Waals surface area contributed by atoms with Gasteiger partial charge in [0.15, 0.2) is 0 Å². The average Bonchev–Trinajstić information content (AvgIpc) is 3.50. The molecule has 4 fully saturated rings. The highest BCUT2D eigenvalue weighted by Crippen LogP contribution is 2.67. The van der Waals surface area contributed by atoms with Crippen LogP contribution in [-0.2, 0) is 4.79 Å². The van der Waals surface area contributed by atoms with Crippen molar-refractivity contribution < 1.29 is 14.3 Å². The number of aryl methyl sites for hydroxylation is 1. The van der Waals surface area contributed by atoms with E-state index in [1.165, 1.54) is 32.1 Å². The van der Waals surface area contributed by atoms with Crippen molar-refractivity contribution >= 4 is 11.9 Å². The molecular formula is C31H48N4O3. The fraction of sp³-hybridized carbons (Fsp3) is 0.839. The average molecular weight is 525 g/mol. The second-order valence-electron chi connectivity index (χ2n) is 13.9. The first-order valence-electron chi connectivity index (χ1n) is 15.4. The van der Waals surface area contributed by atoms with Crippen LogP contribution in [-0.4, -0.2) is 58.4 Å². The molecule has 0 bridgehead atoms. The number of anilines is 1. The van der Waals surface area contributed by atoms with Gasteiger partial charge in [0.2, 0.25) is 11.8 Å². The molecule has 8 atom stereocenters. The number of aromatic nitrogens is 2. The lowest BCUT2D eigenvalue weighted by atomic mass is 9.47. The summed E-state index contributed by atoms with van der Waals surface area (Å²) in [5, 5.41) is 18.4. The zero-order chi connectivity index (χ0) is 26.7. The molecule has 0 radical (unpaired) electrons. The van der Waals surface area contributed by atoms with Gasteiger partial charge in [-0.05, 0) is 98.2 Å². The number of nitrogens with zero attached hydrogens (tertiary/aromatic N) is 4. The first kappa shape index (κ1) is 26.3. The van der Waals surface area contributed by atoms with Gasteiger partial charge in [-0.25, -0.2) is 0 Å². The predicted molar refractivity (Wildman–Crippen MR) is 147 cm³/mol. The lowest BCUT2D eigenvalue weighted by Gasteiger charge is -2.58. The topological polar surface area (TPSA) is 82.7 Å². The first-order valence-corrected chi connectivity index (χ1v) is 15.4. The molecule has 5 aliphatic rings. The molecule has 4 aliphatic carbocycles. The minimum absolute atomic E-state index is 0.127. The quantitative estimate of drug-likeness (QED) is 0.521. The monoisotopic (exact) mass is 524 g/mol. The SMILES string of the molecule is Cc1nnc(N2CCN(C(=O)CC[C@@H](C)[C@H]3CC[C@H]4[C@@H]5CC=C6C[C@@H](O)CC[C@]6(C)[C@H]5CC[C@]34C)CC2)o1. The molecule has 0 aromatic carbocycles. The molecule has 0 unspecified atom stereocenters.